The second-order valence-electron chi connectivity index (χ2n) is 2.43. The molecular formula is C3H2F6O6S2Si2. The molecule has 0 spiro atoms. The van der Waals surface area contributed by atoms with E-state index in [9.17, 15) is 43.2 Å². The minimum atomic E-state index is -5.85. The largest absolute Gasteiger partial charge is 0.522 e. The zero-order chi connectivity index (χ0) is 15.5. The van der Waals surface area contributed by atoms with Crippen molar-refractivity contribution >= 4 is 39.8 Å². The van der Waals surface area contributed by atoms with Crippen molar-refractivity contribution < 1.29 is 50.9 Å². The zero-order valence-corrected chi connectivity index (χ0v) is 11.9. The van der Waals surface area contributed by atoms with Crippen LogP contribution >= 0.6 is 0 Å². The van der Waals surface area contributed by atoms with Gasteiger partial charge in [0.15, 0.2) is 0 Å². The fourth-order valence-electron chi connectivity index (χ4n) is 0.338. The van der Waals surface area contributed by atoms with Gasteiger partial charge in [-0.2, -0.15) is 43.2 Å². The Morgan fingerprint density at radius 2 is 1.00 bits per heavy atom. The first kappa shape index (κ1) is 18.8. The molecule has 19 heavy (non-hydrogen) atoms. The second kappa shape index (κ2) is 6.08. The van der Waals surface area contributed by atoms with Gasteiger partial charge in [0.05, 0.1) is 0 Å². The average Bonchev–Trinajstić information content (AvgIpc) is 2.12. The van der Waals surface area contributed by atoms with Crippen LogP contribution in [0.15, 0.2) is 0 Å². The Kier molecular flexibility index (Phi) is 6.03. The first-order valence-electron chi connectivity index (χ1n) is 3.66. The van der Waals surface area contributed by atoms with E-state index in [0.717, 1.165) is 0 Å². The lowest BCUT2D eigenvalue weighted by atomic mass is 11.6. The Bertz CT molecular complexity index is 446. The van der Waals surface area contributed by atoms with Crippen molar-refractivity contribution in [1.29, 1.82) is 0 Å². The SMILES string of the molecule is O=S(=O)(O[Si]C[Si]OS(=O)(=O)C(F)(F)F)C(F)(F)F. The van der Waals surface area contributed by atoms with Crippen molar-refractivity contribution in [2.75, 3.05) is 0 Å². The van der Waals surface area contributed by atoms with Crippen molar-refractivity contribution in [2.45, 2.75) is 16.7 Å². The number of hydrogen-bond acceptors (Lipinski definition) is 6. The minimum absolute atomic E-state index is 0.759. The third-order valence-corrected chi connectivity index (χ3v) is 6.04. The van der Waals surface area contributed by atoms with Crippen LogP contribution in [0.1, 0.15) is 0 Å². The number of rotatable bonds is 6. The van der Waals surface area contributed by atoms with Crippen LogP contribution in [0.5, 0.6) is 0 Å². The van der Waals surface area contributed by atoms with E-state index in [1.807, 2.05) is 0 Å². The molecule has 0 N–H and O–H groups in total. The van der Waals surface area contributed by atoms with Crippen LogP contribution < -0.4 is 0 Å². The first-order chi connectivity index (χ1) is 8.21. The van der Waals surface area contributed by atoms with Gasteiger partial charge < -0.3 is 7.74 Å². The summed E-state index contributed by atoms with van der Waals surface area (Å²) in [5.74, 6) is 0. The lowest BCUT2D eigenvalue weighted by molar-refractivity contribution is -0.0502. The molecule has 0 bridgehead atoms. The molecule has 6 nitrogen and oxygen atoms in total. The van der Waals surface area contributed by atoms with E-state index in [1.165, 1.54) is 0 Å². The van der Waals surface area contributed by atoms with Crippen molar-refractivity contribution in [3.63, 3.8) is 0 Å². The third kappa shape index (κ3) is 5.77. The van der Waals surface area contributed by atoms with E-state index in [4.69, 9.17) is 0 Å². The Morgan fingerprint density at radius 3 is 1.21 bits per heavy atom. The van der Waals surface area contributed by atoms with Crippen LogP contribution in [0.25, 0.3) is 0 Å². The fourth-order valence-corrected chi connectivity index (χ4v) is 4.10. The summed E-state index contributed by atoms with van der Waals surface area (Å²) in [5, 5.41) is 0. The van der Waals surface area contributed by atoms with Crippen molar-refractivity contribution in [3.05, 3.63) is 0 Å². The summed E-state index contributed by atoms with van der Waals surface area (Å²) < 4.78 is 118. The normalized spacial score (nSPS) is 14.6. The molecular weight excluding hydrogens is 366 g/mol. The summed E-state index contributed by atoms with van der Waals surface area (Å²) >= 11 is 0. The van der Waals surface area contributed by atoms with E-state index < -0.39 is 56.4 Å². The average molecular weight is 368 g/mol. The van der Waals surface area contributed by atoms with Gasteiger partial charge in [-0.1, -0.05) is 0 Å². The minimum Gasteiger partial charge on any atom is -0.309 e. The maximum absolute atomic E-state index is 11.7. The number of halogens is 6. The second-order valence-corrected chi connectivity index (χ2v) is 8.50. The highest BCUT2D eigenvalue weighted by Crippen LogP contribution is 2.25. The predicted octanol–water partition coefficient (Wildman–Crippen LogP) is 0.333. The van der Waals surface area contributed by atoms with Gasteiger partial charge in [0.1, 0.15) is 0 Å². The topological polar surface area (TPSA) is 86.7 Å². The molecule has 112 valence electrons. The monoisotopic (exact) mass is 368 g/mol. The third-order valence-electron chi connectivity index (χ3n) is 1.05. The summed E-state index contributed by atoms with van der Waals surface area (Å²) in [6, 6.07) is 0. The van der Waals surface area contributed by atoms with Crippen molar-refractivity contribution in [3.8, 4) is 0 Å². The van der Waals surface area contributed by atoms with Gasteiger partial charge in [0.25, 0.3) is 19.5 Å². The van der Waals surface area contributed by atoms with Gasteiger partial charge in [0.2, 0.25) is 0 Å². The Morgan fingerprint density at radius 1 is 0.737 bits per heavy atom. The summed E-state index contributed by atoms with van der Waals surface area (Å²) in [6.07, 6.45) is 0. The van der Waals surface area contributed by atoms with E-state index in [1.54, 1.807) is 0 Å². The fraction of sp³-hybridized carbons (Fsp3) is 1.00. The quantitative estimate of drug-likeness (QED) is 0.291. The molecule has 0 aromatic carbocycles. The van der Waals surface area contributed by atoms with E-state index >= 15 is 0 Å². The van der Waals surface area contributed by atoms with Crippen LogP contribution in [-0.2, 0) is 28.0 Å². The molecule has 0 saturated heterocycles. The van der Waals surface area contributed by atoms with Crippen LogP contribution in [0, 0.1) is 0 Å². The molecule has 0 aliphatic rings. The highest BCUT2D eigenvalue weighted by atomic mass is 32.2. The smallest absolute Gasteiger partial charge is 0.309 e. The molecule has 0 atom stereocenters. The lowest BCUT2D eigenvalue weighted by Crippen LogP contribution is -2.29. The van der Waals surface area contributed by atoms with Gasteiger partial charge in [-0.25, -0.2) is 0 Å². The van der Waals surface area contributed by atoms with Crippen molar-refractivity contribution in [1.82, 2.24) is 0 Å². The molecule has 4 radical (unpaired) electrons. The van der Waals surface area contributed by atoms with Gasteiger partial charge in [0, 0.05) is 0 Å². The molecule has 0 rings (SSSR count). The molecule has 0 unspecified atom stereocenters. The highest BCUT2D eigenvalue weighted by molar-refractivity contribution is 7.88. The first-order valence-corrected chi connectivity index (χ1v) is 8.70. The van der Waals surface area contributed by atoms with E-state index in [0.29, 0.717) is 0 Å². The molecule has 0 aliphatic heterocycles. The van der Waals surface area contributed by atoms with Crippen LogP contribution in [-0.4, -0.2) is 47.4 Å². The molecule has 0 saturated carbocycles. The molecule has 0 fully saturated rings. The molecule has 16 heteroatoms. The summed E-state index contributed by atoms with van der Waals surface area (Å²) in [7, 11) is -14.6. The van der Waals surface area contributed by atoms with Crippen LogP contribution in [0.3, 0.4) is 0 Å². The van der Waals surface area contributed by atoms with Gasteiger partial charge in [-0.05, 0) is 5.67 Å². The summed E-state index contributed by atoms with van der Waals surface area (Å²) in [4.78, 5) is 0. The Labute approximate surface area is 108 Å². The van der Waals surface area contributed by atoms with E-state index in [-0.39, 0.29) is 0 Å². The summed E-state index contributed by atoms with van der Waals surface area (Å²) in [5.41, 5.74) is -12.1. The highest BCUT2D eigenvalue weighted by Gasteiger charge is 2.48. The predicted molar refractivity (Wildman–Crippen MR) is 48.4 cm³/mol. The van der Waals surface area contributed by atoms with Gasteiger partial charge in [-0.3, -0.25) is 0 Å². The van der Waals surface area contributed by atoms with Crippen LogP contribution in [0.4, 0.5) is 26.3 Å². The number of alkyl halides is 6. The Balaban J connectivity index is 4.18. The van der Waals surface area contributed by atoms with Crippen LogP contribution in [0.2, 0.25) is 5.67 Å². The maximum Gasteiger partial charge on any atom is 0.522 e. The molecule has 0 aromatic heterocycles. The molecule has 0 aliphatic carbocycles. The zero-order valence-electron chi connectivity index (χ0n) is 8.24. The van der Waals surface area contributed by atoms with Gasteiger partial charge in [-0.15, -0.1) is 0 Å². The maximum atomic E-state index is 11.7. The molecule has 0 aromatic rings. The Hall–Kier alpha value is -0.166. The van der Waals surface area contributed by atoms with E-state index in [2.05, 4.69) is 7.74 Å². The lowest BCUT2D eigenvalue weighted by Gasteiger charge is -2.08. The number of hydrogen-bond donors (Lipinski definition) is 0. The molecule has 0 heterocycles. The van der Waals surface area contributed by atoms with Gasteiger partial charge >= 0.3 is 31.3 Å². The van der Waals surface area contributed by atoms with Crippen molar-refractivity contribution in [2.24, 2.45) is 0 Å². The summed E-state index contributed by atoms with van der Waals surface area (Å²) in [6.45, 7) is 0. The molecule has 0 amide bonds. The standard InChI is InChI=1S/C3H2F6O6S2Si2/c4-2(5,6)16(10,11)14-18-1-19-15-17(12,13)3(7,8)9/h1H2.